The minimum Gasteiger partial charge on any atom is -0.461 e. The van der Waals surface area contributed by atoms with Crippen LogP contribution >= 0.6 is 23.1 Å². The quantitative estimate of drug-likeness (QED) is 0.305. The van der Waals surface area contributed by atoms with Gasteiger partial charge >= 0.3 is 0 Å². The van der Waals surface area contributed by atoms with E-state index < -0.39 is 0 Å². The summed E-state index contributed by atoms with van der Waals surface area (Å²) in [5.74, 6) is 0.427. The van der Waals surface area contributed by atoms with Gasteiger partial charge in [0.2, 0.25) is 0 Å². The van der Waals surface area contributed by atoms with Crippen LogP contribution in [-0.2, 0) is 6.42 Å². The molecule has 0 bridgehead atoms. The van der Waals surface area contributed by atoms with E-state index in [0.29, 0.717) is 45.0 Å². The van der Waals surface area contributed by atoms with E-state index in [1.54, 1.807) is 44.5 Å². The molecule has 1 amide bonds. The standard InChI is InChI=1S/C22H19FN4O2S2/c1-12-6-7-14(10-16(12)23)9-15-11-24-22(31-15)27-20(28)18-13(2)25-19(26-21(18)30-3)17-5-4-8-29-17/h4-8,10-11H,9H2,1-3H3,(H,24,27,28). The first-order chi connectivity index (χ1) is 14.9. The van der Waals surface area contributed by atoms with Gasteiger partial charge < -0.3 is 4.42 Å². The minimum atomic E-state index is -0.324. The highest BCUT2D eigenvalue weighted by molar-refractivity contribution is 7.98. The van der Waals surface area contributed by atoms with Crippen molar-refractivity contribution >= 4 is 34.1 Å². The second kappa shape index (κ2) is 8.99. The maximum Gasteiger partial charge on any atom is 0.262 e. The number of nitrogens with one attached hydrogen (secondary N) is 1. The Kier molecular flexibility index (Phi) is 6.15. The fraction of sp³-hybridized carbons (Fsp3) is 0.182. The van der Waals surface area contributed by atoms with Gasteiger partial charge in [-0.15, -0.1) is 23.1 Å². The van der Waals surface area contributed by atoms with Gasteiger partial charge in [0.1, 0.15) is 10.8 Å². The molecule has 4 rings (SSSR count). The molecule has 0 spiro atoms. The number of carbonyl (C=O) groups excluding carboxylic acids is 1. The van der Waals surface area contributed by atoms with Crippen LogP contribution in [0.15, 0.2) is 52.2 Å². The Hall–Kier alpha value is -3.04. The average molecular weight is 455 g/mol. The van der Waals surface area contributed by atoms with E-state index in [1.165, 1.54) is 29.2 Å². The Morgan fingerprint density at radius 3 is 2.81 bits per heavy atom. The molecule has 3 aromatic heterocycles. The van der Waals surface area contributed by atoms with Crippen LogP contribution in [0.2, 0.25) is 0 Å². The monoisotopic (exact) mass is 454 g/mol. The van der Waals surface area contributed by atoms with E-state index >= 15 is 0 Å². The third-order valence-corrected chi connectivity index (χ3v) is 6.20. The number of thiazole rings is 1. The summed E-state index contributed by atoms with van der Waals surface area (Å²) in [5.41, 5.74) is 2.42. The molecule has 4 aromatic rings. The third-order valence-electron chi connectivity index (χ3n) is 4.61. The summed E-state index contributed by atoms with van der Waals surface area (Å²) in [6, 6.07) is 8.71. The topological polar surface area (TPSA) is 80.9 Å². The van der Waals surface area contributed by atoms with Crippen molar-refractivity contribution in [3.63, 3.8) is 0 Å². The highest BCUT2D eigenvalue weighted by Crippen LogP contribution is 2.27. The molecule has 0 fully saturated rings. The summed E-state index contributed by atoms with van der Waals surface area (Å²) in [4.78, 5) is 27.1. The zero-order chi connectivity index (χ0) is 22.0. The number of halogens is 1. The van der Waals surface area contributed by atoms with Crippen LogP contribution < -0.4 is 5.32 Å². The predicted molar refractivity (Wildman–Crippen MR) is 120 cm³/mol. The van der Waals surface area contributed by atoms with E-state index in [-0.39, 0.29) is 11.7 Å². The molecule has 158 valence electrons. The first-order valence-corrected chi connectivity index (χ1v) is 11.5. The molecule has 0 saturated heterocycles. The summed E-state index contributed by atoms with van der Waals surface area (Å²) >= 11 is 2.72. The highest BCUT2D eigenvalue weighted by Gasteiger charge is 2.21. The van der Waals surface area contributed by atoms with Crippen molar-refractivity contribution in [1.82, 2.24) is 15.0 Å². The van der Waals surface area contributed by atoms with Gasteiger partial charge in [-0.25, -0.2) is 19.3 Å². The van der Waals surface area contributed by atoms with Gasteiger partial charge in [0.25, 0.3) is 5.91 Å². The van der Waals surface area contributed by atoms with Gasteiger partial charge in [0, 0.05) is 17.5 Å². The lowest BCUT2D eigenvalue weighted by molar-refractivity contribution is 0.102. The number of rotatable bonds is 6. The first kappa shape index (κ1) is 21.2. The number of benzene rings is 1. The predicted octanol–water partition coefficient (Wildman–Crippen LogP) is 5.51. The Bertz CT molecular complexity index is 1240. The number of hydrogen-bond donors (Lipinski definition) is 1. The number of furan rings is 1. The lowest BCUT2D eigenvalue weighted by Crippen LogP contribution is -2.16. The Labute approximate surface area is 187 Å². The summed E-state index contributed by atoms with van der Waals surface area (Å²) < 4.78 is 19.2. The molecule has 0 saturated carbocycles. The van der Waals surface area contributed by atoms with E-state index in [9.17, 15) is 9.18 Å². The molecule has 1 aromatic carbocycles. The van der Waals surface area contributed by atoms with Crippen molar-refractivity contribution < 1.29 is 13.6 Å². The lowest BCUT2D eigenvalue weighted by Gasteiger charge is -2.10. The largest absolute Gasteiger partial charge is 0.461 e. The number of hydrogen-bond acceptors (Lipinski definition) is 7. The fourth-order valence-corrected chi connectivity index (χ4v) is 4.49. The van der Waals surface area contributed by atoms with Crippen molar-refractivity contribution in [2.24, 2.45) is 0 Å². The van der Waals surface area contributed by atoms with Crippen LogP contribution in [0.3, 0.4) is 0 Å². The van der Waals surface area contributed by atoms with Gasteiger partial charge in [-0.2, -0.15) is 0 Å². The molecule has 6 nitrogen and oxygen atoms in total. The number of nitrogens with zero attached hydrogens (tertiary/aromatic N) is 3. The summed E-state index contributed by atoms with van der Waals surface area (Å²) in [7, 11) is 0. The zero-order valence-corrected chi connectivity index (χ0v) is 18.7. The molecule has 0 aliphatic rings. The van der Waals surface area contributed by atoms with Gasteiger partial charge in [-0.1, -0.05) is 12.1 Å². The van der Waals surface area contributed by atoms with Crippen molar-refractivity contribution in [3.05, 3.63) is 75.9 Å². The molecular weight excluding hydrogens is 435 g/mol. The molecular formula is C22H19FN4O2S2. The molecule has 31 heavy (non-hydrogen) atoms. The molecule has 3 heterocycles. The van der Waals surface area contributed by atoms with Crippen LogP contribution in [-0.4, -0.2) is 27.1 Å². The van der Waals surface area contributed by atoms with Gasteiger partial charge in [-0.05, 0) is 49.4 Å². The van der Waals surface area contributed by atoms with Gasteiger partial charge in [-0.3, -0.25) is 10.1 Å². The fourth-order valence-electron chi connectivity index (χ4n) is 3.03. The second-order valence-corrected chi connectivity index (χ2v) is 8.75. The molecule has 1 N–H and O–H groups in total. The molecule has 0 atom stereocenters. The minimum absolute atomic E-state index is 0.228. The van der Waals surface area contributed by atoms with E-state index in [4.69, 9.17) is 4.42 Å². The average Bonchev–Trinajstić information content (AvgIpc) is 3.42. The van der Waals surface area contributed by atoms with Crippen molar-refractivity contribution in [2.45, 2.75) is 25.3 Å². The maximum atomic E-state index is 13.8. The molecule has 0 aliphatic carbocycles. The maximum absolute atomic E-state index is 13.8. The molecule has 9 heteroatoms. The number of aromatic nitrogens is 3. The number of anilines is 1. The summed E-state index contributed by atoms with van der Waals surface area (Å²) in [5, 5.41) is 3.86. The number of aryl methyl sites for hydroxylation is 2. The van der Waals surface area contributed by atoms with Crippen molar-refractivity contribution in [3.8, 4) is 11.6 Å². The Morgan fingerprint density at radius 1 is 1.26 bits per heavy atom. The van der Waals surface area contributed by atoms with E-state index in [0.717, 1.165) is 10.4 Å². The normalized spacial score (nSPS) is 11.0. The zero-order valence-electron chi connectivity index (χ0n) is 17.1. The number of carbonyl (C=O) groups is 1. The van der Waals surface area contributed by atoms with Crippen LogP contribution in [0.1, 0.15) is 32.1 Å². The third kappa shape index (κ3) is 4.67. The van der Waals surface area contributed by atoms with Gasteiger partial charge in [0.05, 0.1) is 17.5 Å². The SMILES string of the molecule is CSc1nc(-c2ccco2)nc(C)c1C(=O)Nc1ncc(Cc2ccc(C)c(F)c2)s1. The van der Waals surface area contributed by atoms with Crippen LogP contribution in [0.25, 0.3) is 11.6 Å². The second-order valence-electron chi connectivity index (χ2n) is 6.84. The van der Waals surface area contributed by atoms with Gasteiger partial charge in [0.15, 0.2) is 16.7 Å². The summed E-state index contributed by atoms with van der Waals surface area (Å²) in [6.45, 7) is 3.50. The Balaban J connectivity index is 1.53. The van der Waals surface area contributed by atoms with Crippen LogP contribution in [0, 0.1) is 19.7 Å². The number of amides is 1. The van der Waals surface area contributed by atoms with Crippen LogP contribution in [0.4, 0.5) is 9.52 Å². The van der Waals surface area contributed by atoms with Crippen molar-refractivity contribution in [2.75, 3.05) is 11.6 Å². The van der Waals surface area contributed by atoms with Crippen molar-refractivity contribution in [1.29, 1.82) is 0 Å². The Morgan fingerprint density at radius 2 is 2.10 bits per heavy atom. The van der Waals surface area contributed by atoms with Crippen LogP contribution in [0.5, 0.6) is 0 Å². The lowest BCUT2D eigenvalue weighted by atomic mass is 10.1. The van der Waals surface area contributed by atoms with E-state index in [1.807, 2.05) is 12.3 Å². The molecule has 0 radical (unpaired) electrons. The molecule has 0 unspecified atom stereocenters. The smallest absolute Gasteiger partial charge is 0.262 e. The summed E-state index contributed by atoms with van der Waals surface area (Å²) in [6.07, 6.45) is 5.64. The van der Waals surface area contributed by atoms with E-state index in [2.05, 4.69) is 20.3 Å². The highest BCUT2D eigenvalue weighted by atomic mass is 32.2. The molecule has 0 aliphatic heterocycles. The number of thioether (sulfide) groups is 1. The first-order valence-electron chi connectivity index (χ1n) is 9.42.